The van der Waals surface area contributed by atoms with Gasteiger partial charge in [0.25, 0.3) is 0 Å². The van der Waals surface area contributed by atoms with Crippen molar-refractivity contribution in [1.29, 1.82) is 0 Å². The van der Waals surface area contributed by atoms with Crippen molar-refractivity contribution in [2.45, 2.75) is 20.4 Å². The first-order valence-electron chi connectivity index (χ1n) is 6.15. The maximum Gasteiger partial charge on any atom is 0.179 e. The third-order valence-corrected chi connectivity index (χ3v) is 3.13. The predicted molar refractivity (Wildman–Crippen MR) is 77.1 cm³/mol. The van der Waals surface area contributed by atoms with E-state index in [1.165, 1.54) is 0 Å². The normalized spacial score (nSPS) is 11.5. The number of aliphatic hydroxyl groups excluding tert-OH is 1. The maximum atomic E-state index is 9.19. The Balaban J connectivity index is 2.72. The molecule has 0 bridgehead atoms. The number of hydrogen-bond donors (Lipinski definition) is 2. The van der Waals surface area contributed by atoms with Crippen molar-refractivity contribution >= 4 is 11.6 Å². The molecule has 1 aromatic carbocycles. The molecule has 108 valence electrons. The van der Waals surface area contributed by atoms with Crippen LogP contribution < -0.4 is 14.8 Å². The molecule has 0 heterocycles. The van der Waals surface area contributed by atoms with Gasteiger partial charge in [-0.3, -0.25) is 0 Å². The van der Waals surface area contributed by atoms with Crippen LogP contribution in [0.3, 0.4) is 0 Å². The number of halogens is 1. The number of hydrogen-bond acceptors (Lipinski definition) is 4. The summed E-state index contributed by atoms with van der Waals surface area (Å²) in [6.07, 6.45) is 0. The monoisotopic (exact) mass is 287 g/mol. The van der Waals surface area contributed by atoms with E-state index in [1.54, 1.807) is 14.2 Å². The fraction of sp³-hybridized carbons (Fsp3) is 0.571. The molecule has 19 heavy (non-hydrogen) atoms. The molecular formula is C14H22ClNO3. The maximum absolute atomic E-state index is 9.19. The molecule has 0 aliphatic heterocycles. The van der Waals surface area contributed by atoms with E-state index < -0.39 is 0 Å². The number of rotatable bonds is 7. The second kappa shape index (κ2) is 6.98. The molecule has 0 aliphatic rings. The topological polar surface area (TPSA) is 50.7 Å². The van der Waals surface area contributed by atoms with Crippen molar-refractivity contribution in [2.24, 2.45) is 5.41 Å². The summed E-state index contributed by atoms with van der Waals surface area (Å²) in [4.78, 5) is 0. The van der Waals surface area contributed by atoms with Crippen molar-refractivity contribution in [3.8, 4) is 11.5 Å². The molecule has 0 radical (unpaired) electrons. The number of aliphatic hydroxyl groups is 1. The Morgan fingerprint density at radius 2 is 1.95 bits per heavy atom. The Kier molecular flexibility index (Phi) is 5.91. The molecule has 4 nitrogen and oxygen atoms in total. The Morgan fingerprint density at radius 3 is 2.47 bits per heavy atom. The molecule has 1 rings (SSSR count). The number of benzene rings is 1. The molecule has 0 unspecified atom stereocenters. The van der Waals surface area contributed by atoms with Gasteiger partial charge < -0.3 is 19.9 Å². The molecule has 1 aromatic rings. The van der Waals surface area contributed by atoms with E-state index in [4.69, 9.17) is 21.1 Å². The zero-order valence-electron chi connectivity index (χ0n) is 11.9. The first-order chi connectivity index (χ1) is 8.93. The van der Waals surface area contributed by atoms with Crippen molar-refractivity contribution < 1.29 is 14.6 Å². The molecule has 0 saturated carbocycles. The van der Waals surface area contributed by atoms with Gasteiger partial charge in [0.2, 0.25) is 0 Å². The van der Waals surface area contributed by atoms with Crippen molar-refractivity contribution in [3.05, 3.63) is 22.7 Å². The van der Waals surface area contributed by atoms with E-state index in [1.807, 2.05) is 26.0 Å². The fourth-order valence-electron chi connectivity index (χ4n) is 1.67. The summed E-state index contributed by atoms with van der Waals surface area (Å²) in [5, 5.41) is 13.0. The van der Waals surface area contributed by atoms with Gasteiger partial charge in [-0.2, -0.15) is 0 Å². The summed E-state index contributed by atoms with van der Waals surface area (Å²) in [6.45, 7) is 5.52. The number of ether oxygens (including phenoxy) is 2. The van der Waals surface area contributed by atoms with Crippen molar-refractivity contribution in [2.75, 3.05) is 27.4 Å². The highest BCUT2D eigenvalue weighted by Gasteiger charge is 2.16. The lowest BCUT2D eigenvalue weighted by molar-refractivity contribution is 0.156. The van der Waals surface area contributed by atoms with Gasteiger partial charge in [0.05, 0.1) is 19.2 Å². The van der Waals surface area contributed by atoms with Crippen LogP contribution in [0.15, 0.2) is 12.1 Å². The average molecular weight is 288 g/mol. The van der Waals surface area contributed by atoms with Crippen LogP contribution in [0.4, 0.5) is 0 Å². The summed E-state index contributed by atoms with van der Waals surface area (Å²) in [7, 11) is 3.14. The predicted octanol–water partition coefficient (Wildman–Crippen LogP) is 2.47. The van der Waals surface area contributed by atoms with Crippen molar-refractivity contribution in [1.82, 2.24) is 5.32 Å². The van der Waals surface area contributed by atoms with Crippen LogP contribution in [-0.2, 0) is 6.54 Å². The minimum Gasteiger partial charge on any atom is -0.493 e. The quantitative estimate of drug-likeness (QED) is 0.809. The van der Waals surface area contributed by atoms with E-state index in [0.29, 0.717) is 23.1 Å². The number of nitrogens with one attached hydrogen (secondary N) is 1. The van der Waals surface area contributed by atoms with Crippen LogP contribution in [0.1, 0.15) is 19.4 Å². The summed E-state index contributed by atoms with van der Waals surface area (Å²) >= 11 is 6.14. The molecule has 0 amide bonds. The van der Waals surface area contributed by atoms with E-state index in [0.717, 1.165) is 12.1 Å². The van der Waals surface area contributed by atoms with E-state index in [2.05, 4.69) is 5.32 Å². The second-order valence-corrected chi connectivity index (χ2v) is 5.65. The molecule has 0 aromatic heterocycles. The largest absolute Gasteiger partial charge is 0.493 e. The Labute approximate surface area is 119 Å². The molecule has 0 aliphatic carbocycles. The first-order valence-corrected chi connectivity index (χ1v) is 6.53. The Hall–Kier alpha value is -0.970. The third-order valence-electron chi connectivity index (χ3n) is 2.85. The first kappa shape index (κ1) is 16.1. The Morgan fingerprint density at radius 1 is 1.26 bits per heavy atom. The van der Waals surface area contributed by atoms with Gasteiger partial charge in [0.1, 0.15) is 0 Å². The lowest BCUT2D eigenvalue weighted by atomic mass is 9.95. The molecule has 0 spiro atoms. The SMILES string of the molecule is COc1cc(CNCC(C)(C)CO)cc(Cl)c1OC. The standard InChI is InChI=1S/C14H22ClNO3/c1-14(2,9-17)8-16-7-10-5-11(15)13(19-4)12(6-10)18-3/h5-6,16-17H,7-9H2,1-4H3. The van der Waals surface area contributed by atoms with E-state index >= 15 is 0 Å². The molecule has 0 fully saturated rings. The molecule has 2 N–H and O–H groups in total. The van der Waals surface area contributed by atoms with Crippen LogP contribution in [0, 0.1) is 5.41 Å². The Bertz CT molecular complexity index is 421. The van der Waals surface area contributed by atoms with Gasteiger partial charge in [0.15, 0.2) is 11.5 Å². The molecular weight excluding hydrogens is 266 g/mol. The summed E-state index contributed by atoms with van der Waals surface area (Å²) in [5.41, 5.74) is 0.872. The summed E-state index contributed by atoms with van der Waals surface area (Å²) in [6, 6.07) is 3.74. The van der Waals surface area contributed by atoms with Crippen molar-refractivity contribution in [3.63, 3.8) is 0 Å². The molecule has 5 heteroatoms. The van der Waals surface area contributed by atoms with Gasteiger partial charge in [-0.1, -0.05) is 25.4 Å². The van der Waals surface area contributed by atoms with Crippen LogP contribution >= 0.6 is 11.6 Å². The van der Waals surface area contributed by atoms with Crippen LogP contribution in [0.25, 0.3) is 0 Å². The number of methoxy groups -OCH3 is 2. The zero-order chi connectivity index (χ0) is 14.5. The van der Waals surface area contributed by atoms with Crippen LogP contribution in [-0.4, -0.2) is 32.5 Å². The van der Waals surface area contributed by atoms with Gasteiger partial charge >= 0.3 is 0 Å². The smallest absolute Gasteiger partial charge is 0.179 e. The van der Waals surface area contributed by atoms with Crippen LogP contribution in [0.5, 0.6) is 11.5 Å². The lowest BCUT2D eigenvalue weighted by Gasteiger charge is -2.22. The molecule has 0 saturated heterocycles. The summed E-state index contributed by atoms with van der Waals surface area (Å²) in [5.74, 6) is 1.16. The fourth-order valence-corrected chi connectivity index (χ4v) is 1.98. The van der Waals surface area contributed by atoms with Gasteiger partial charge in [-0.15, -0.1) is 0 Å². The van der Waals surface area contributed by atoms with Crippen LogP contribution in [0.2, 0.25) is 5.02 Å². The highest BCUT2D eigenvalue weighted by atomic mass is 35.5. The zero-order valence-corrected chi connectivity index (χ0v) is 12.7. The third kappa shape index (κ3) is 4.56. The lowest BCUT2D eigenvalue weighted by Crippen LogP contribution is -2.31. The minimum absolute atomic E-state index is 0.139. The van der Waals surface area contributed by atoms with E-state index in [9.17, 15) is 5.11 Å². The van der Waals surface area contributed by atoms with Gasteiger partial charge in [-0.25, -0.2) is 0 Å². The highest BCUT2D eigenvalue weighted by Crippen LogP contribution is 2.35. The molecule has 0 atom stereocenters. The second-order valence-electron chi connectivity index (χ2n) is 5.24. The minimum atomic E-state index is -0.139. The summed E-state index contributed by atoms with van der Waals surface area (Å²) < 4.78 is 10.4. The van der Waals surface area contributed by atoms with E-state index in [-0.39, 0.29) is 12.0 Å². The highest BCUT2D eigenvalue weighted by molar-refractivity contribution is 6.32. The van der Waals surface area contributed by atoms with Gasteiger partial charge in [-0.05, 0) is 17.7 Å². The van der Waals surface area contributed by atoms with Gasteiger partial charge in [0, 0.05) is 25.1 Å². The average Bonchev–Trinajstić information content (AvgIpc) is 2.37.